The summed E-state index contributed by atoms with van der Waals surface area (Å²) in [4.78, 5) is 39.2. The fraction of sp³-hybridized carbons (Fsp3) is 0.481. The molecule has 2 aromatic rings. The van der Waals surface area contributed by atoms with Crippen LogP contribution in [0.5, 0.6) is 0 Å². The van der Waals surface area contributed by atoms with Crippen molar-refractivity contribution in [2.45, 2.75) is 75.1 Å². The lowest BCUT2D eigenvalue weighted by Gasteiger charge is -2.35. The number of nitrogens with one attached hydrogen (secondary N) is 1. The van der Waals surface area contributed by atoms with Crippen molar-refractivity contribution >= 4 is 21.8 Å². The van der Waals surface area contributed by atoms with Crippen molar-refractivity contribution in [3.63, 3.8) is 0 Å². The van der Waals surface area contributed by atoms with Gasteiger partial charge in [0.15, 0.2) is 15.7 Å². The topological polar surface area (TPSA) is 139 Å². The Kier molecular flexibility index (Phi) is 7.77. The maximum absolute atomic E-state index is 15.0. The second-order valence-corrected chi connectivity index (χ2v) is 13.2. The number of benzene rings is 1. The Morgan fingerprint density at radius 3 is 2.50 bits per heavy atom. The SMILES string of the molecule is CC(C)(C)OC(=O)N1[C@@H]2CC[C@@H](C2)[C@H]1C(=O)N[C@H](C#N)Cc1ccc(-n2cc(F)c(S(C)(=O)=O)cc2=O)cc1F. The molecule has 0 unspecified atom stereocenters. The molecule has 1 aromatic carbocycles. The van der Waals surface area contributed by atoms with E-state index in [4.69, 9.17) is 4.74 Å². The third-order valence-corrected chi connectivity index (χ3v) is 8.15. The Morgan fingerprint density at radius 2 is 1.90 bits per heavy atom. The second kappa shape index (κ2) is 10.6. The largest absolute Gasteiger partial charge is 0.444 e. The molecule has 13 heteroatoms. The molecule has 40 heavy (non-hydrogen) atoms. The molecule has 1 aliphatic heterocycles. The Bertz CT molecular complexity index is 1560. The predicted octanol–water partition coefficient (Wildman–Crippen LogP) is 2.86. The third kappa shape index (κ3) is 6.01. The second-order valence-electron chi connectivity index (χ2n) is 11.2. The van der Waals surface area contributed by atoms with Gasteiger partial charge in [0, 0.05) is 31.0 Å². The predicted molar refractivity (Wildman–Crippen MR) is 139 cm³/mol. The molecule has 1 aliphatic carbocycles. The van der Waals surface area contributed by atoms with E-state index in [1.54, 1.807) is 20.8 Å². The van der Waals surface area contributed by atoms with Gasteiger partial charge in [-0.05, 0) is 63.6 Å². The van der Waals surface area contributed by atoms with Crippen LogP contribution in [-0.4, -0.2) is 59.9 Å². The highest BCUT2D eigenvalue weighted by Gasteiger charge is 2.52. The van der Waals surface area contributed by atoms with Crippen LogP contribution < -0.4 is 10.9 Å². The number of pyridine rings is 1. The van der Waals surface area contributed by atoms with Gasteiger partial charge in [-0.25, -0.2) is 22.0 Å². The molecule has 214 valence electrons. The van der Waals surface area contributed by atoms with Gasteiger partial charge in [0.25, 0.3) is 5.56 Å². The minimum Gasteiger partial charge on any atom is -0.444 e. The van der Waals surface area contributed by atoms with Gasteiger partial charge in [-0.2, -0.15) is 5.26 Å². The minimum absolute atomic E-state index is 0.0498. The summed E-state index contributed by atoms with van der Waals surface area (Å²) in [5.74, 6) is -2.57. The van der Waals surface area contributed by atoms with Crippen LogP contribution in [0.15, 0.2) is 40.2 Å². The van der Waals surface area contributed by atoms with E-state index < -0.39 is 61.6 Å². The van der Waals surface area contributed by atoms with Gasteiger partial charge in [0.05, 0.1) is 11.8 Å². The van der Waals surface area contributed by atoms with Crippen molar-refractivity contribution in [3.05, 3.63) is 58.0 Å². The van der Waals surface area contributed by atoms with Crippen molar-refractivity contribution in [3.8, 4) is 11.8 Å². The lowest BCUT2D eigenvalue weighted by molar-refractivity contribution is -0.128. The maximum Gasteiger partial charge on any atom is 0.411 e. The molecule has 2 fully saturated rings. The maximum atomic E-state index is 15.0. The molecule has 4 rings (SSSR count). The molecule has 1 saturated heterocycles. The van der Waals surface area contributed by atoms with Gasteiger partial charge in [-0.3, -0.25) is 19.1 Å². The average molecular weight is 577 g/mol. The third-order valence-electron chi connectivity index (χ3n) is 7.04. The molecule has 2 bridgehead atoms. The van der Waals surface area contributed by atoms with Crippen molar-refractivity contribution in [2.75, 3.05) is 6.26 Å². The number of carbonyl (C=O) groups is 2. The number of hydrogen-bond donors (Lipinski definition) is 1. The molecule has 1 N–H and O–H groups in total. The molecule has 4 atom stereocenters. The van der Waals surface area contributed by atoms with Crippen molar-refractivity contribution in [2.24, 2.45) is 5.92 Å². The summed E-state index contributed by atoms with van der Waals surface area (Å²) in [6, 6.07) is 4.08. The van der Waals surface area contributed by atoms with Crippen LogP contribution in [0.25, 0.3) is 5.69 Å². The summed E-state index contributed by atoms with van der Waals surface area (Å²) in [7, 11) is -3.98. The van der Waals surface area contributed by atoms with Gasteiger partial charge in [0.2, 0.25) is 5.91 Å². The van der Waals surface area contributed by atoms with Crippen LogP contribution in [-0.2, 0) is 25.8 Å². The van der Waals surface area contributed by atoms with Crippen LogP contribution in [0.3, 0.4) is 0 Å². The number of halogens is 2. The highest BCUT2D eigenvalue weighted by Crippen LogP contribution is 2.43. The number of rotatable bonds is 6. The lowest BCUT2D eigenvalue weighted by atomic mass is 9.97. The van der Waals surface area contributed by atoms with Crippen LogP contribution in [0.2, 0.25) is 0 Å². The molecule has 2 aliphatic rings. The van der Waals surface area contributed by atoms with E-state index in [9.17, 15) is 32.5 Å². The summed E-state index contributed by atoms with van der Waals surface area (Å²) in [5, 5.41) is 12.3. The summed E-state index contributed by atoms with van der Waals surface area (Å²) in [6.45, 7) is 5.20. The van der Waals surface area contributed by atoms with E-state index in [2.05, 4.69) is 5.32 Å². The van der Waals surface area contributed by atoms with E-state index in [1.807, 2.05) is 6.07 Å². The zero-order valence-electron chi connectivity index (χ0n) is 22.5. The number of likely N-dealkylation sites (tertiary alicyclic amines) is 1. The summed E-state index contributed by atoms with van der Waals surface area (Å²) in [5.41, 5.74) is -1.63. The van der Waals surface area contributed by atoms with E-state index in [-0.39, 0.29) is 29.6 Å². The van der Waals surface area contributed by atoms with Crippen LogP contribution in [0, 0.1) is 28.9 Å². The highest BCUT2D eigenvalue weighted by molar-refractivity contribution is 7.90. The zero-order chi connectivity index (χ0) is 29.6. The Morgan fingerprint density at radius 1 is 1.20 bits per heavy atom. The standard InChI is InChI=1S/C27H30F2N4O6S/c1-27(2,3)39-26(36)33-19-8-6-16(10-19)24(33)25(35)31-17(13-30)9-15-5-7-18(11-20(15)28)32-14-21(29)22(12-23(32)34)40(4,37)38/h5,7,11-12,14,16-17,19,24H,6,8-10H2,1-4H3,(H,31,35)/t16-,17-,19+,24-/m0/s1. The van der Waals surface area contributed by atoms with Crippen LogP contribution in [0.4, 0.5) is 13.6 Å². The Balaban J connectivity index is 1.50. The number of carbonyl (C=O) groups excluding carboxylic acids is 2. The first kappa shape index (κ1) is 29.2. The zero-order valence-corrected chi connectivity index (χ0v) is 23.3. The Hall–Kier alpha value is -3.79. The van der Waals surface area contributed by atoms with Gasteiger partial charge >= 0.3 is 6.09 Å². The number of fused-ring (bicyclic) bond motifs is 2. The monoisotopic (exact) mass is 576 g/mol. The first-order chi connectivity index (χ1) is 18.6. The van der Waals surface area contributed by atoms with Crippen molar-refractivity contribution < 1.29 is 31.5 Å². The number of nitriles is 1. The van der Waals surface area contributed by atoms with Crippen molar-refractivity contribution in [1.29, 1.82) is 5.26 Å². The van der Waals surface area contributed by atoms with Crippen molar-refractivity contribution in [1.82, 2.24) is 14.8 Å². The number of ether oxygens (including phenoxy) is 1. The molecular formula is C27H30F2N4O6S. The van der Waals surface area contributed by atoms with Gasteiger partial charge in [-0.1, -0.05) is 6.07 Å². The number of nitrogens with zero attached hydrogens (tertiary/aromatic N) is 3. The molecule has 2 heterocycles. The molecule has 2 amide bonds. The van der Waals surface area contributed by atoms with E-state index in [1.165, 1.54) is 17.0 Å². The number of aromatic nitrogens is 1. The first-order valence-corrected chi connectivity index (χ1v) is 14.6. The van der Waals surface area contributed by atoms with Gasteiger partial charge in [-0.15, -0.1) is 0 Å². The number of piperidine rings is 1. The fourth-order valence-electron chi connectivity index (χ4n) is 5.34. The number of sulfone groups is 1. The molecule has 1 saturated carbocycles. The molecule has 1 aromatic heterocycles. The molecule has 0 radical (unpaired) electrons. The van der Waals surface area contributed by atoms with Crippen LogP contribution in [0.1, 0.15) is 45.6 Å². The number of amides is 2. The summed E-state index contributed by atoms with van der Waals surface area (Å²) >= 11 is 0. The normalized spacial score (nSPS) is 21.1. The lowest BCUT2D eigenvalue weighted by Crippen LogP contribution is -2.55. The van der Waals surface area contributed by atoms with Gasteiger partial charge in [0.1, 0.15) is 28.4 Å². The first-order valence-electron chi connectivity index (χ1n) is 12.7. The molecule has 10 nitrogen and oxygen atoms in total. The fourth-order valence-corrected chi connectivity index (χ4v) is 6.06. The van der Waals surface area contributed by atoms with E-state index in [0.29, 0.717) is 18.7 Å². The molecule has 0 spiro atoms. The smallest absolute Gasteiger partial charge is 0.411 e. The number of hydrogen-bond acceptors (Lipinski definition) is 7. The summed E-state index contributed by atoms with van der Waals surface area (Å²) in [6.07, 6.45) is 2.81. The minimum atomic E-state index is -3.98. The van der Waals surface area contributed by atoms with Crippen LogP contribution >= 0.6 is 0 Å². The van der Waals surface area contributed by atoms with E-state index in [0.717, 1.165) is 29.7 Å². The Labute approximate surface area is 230 Å². The average Bonchev–Trinajstić information content (AvgIpc) is 3.46. The highest BCUT2D eigenvalue weighted by atomic mass is 32.2. The summed E-state index contributed by atoms with van der Waals surface area (Å²) < 4.78 is 58.9. The molecular weight excluding hydrogens is 546 g/mol. The quantitative estimate of drug-likeness (QED) is 0.558. The van der Waals surface area contributed by atoms with Gasteiger partial charge < -0.3 is 10.1 Å². The van der Waals surface area contributed by atoms with E-state index >= 15 is 4.39 Å².